The van der Waals surface area contributed by atoms with E-state index in [1.807, 2.05) is 0 Å². The molecular formula is C18H27N3O. The molecule has 120 valence electrons. The van der Waals surface area contributed by atoms with E-state index in [0.29, 0.717) is 5.91 Å². The van der Waals surface area contributed by atoms with Crippen molar-refractivity contribution in [3.63, 3.8) is 0 Å². The molecule has 0 saturated carbocycles. The first-order valence-electron chi connectivity index (χ1n) is 8.46. The van der Waals surface area contributed by atoms with Crippen LogP contribution < -0.4 is 0 Å². The smallest absolute Gasteiger partial charge is 0.227 e. The zero-order valence-electron chi connectivity index (χ0n) is 13.6. The molecule has 2 aliphatic heterocycles. The summed E-state index contributed by atoms with van der Waals surface area (Å²) in [4.78, 5) is 19.5. The molecule has 1 aromatic carbocycles. The number of likely N-dealkylation sites (tertiary alicyclic amines) is 1. The Morgan fingerprint density at radius 1 is 1.09 bits per heavy atom. The van der Waals surface area contributed by atoms with Gasteiger partial charge in [-0.2, -0.15) is 0 Å². The average Bonchev–Trinajstić information content (AvgIpc) is 2.56. The maximum atomic E-state index is 12.6. The van der Waals surface area contributed by atoms with E-state index < -0.39 is 0 Å². The first kappa shape index (κ1) is 15.5. The molecule has 0 spiro atoms. The molecule has 4 heteroatoms. The number of hydrogen-bond donors (Lipinski definition) is 0. The van der Waals surface area contributed by atoms with Crippen molar-refractivity contribution in [2.45, 2.75) is 19.4 Å². The van der Waals surface area contributed by atoms with Crippen LogP contribution in [-0.4, -0.2) is 66.9 Å². The highest BCUT2D eigenvalue weighted by Gasteiger charge is 2.29. The number of carbonyl (C=O) groups is 1. The zero-order valence-corrected chi connectivity index (χ0v) is 13.6. The largest absolute Gasteiger partial charge is 0.340 e. The Bertz CT molecular complexity index is 482. The van der Waals surface area contributed by atoms with Crippen molar-refractivity contribution in [3.05, 3.63) is 35.9 Å². The minimum Gasteiger partial charge on any atom is -0.340 e. The van der Waals surface area contributed by atoms with Crippen molar-refractivity contribution < 1.29 is 4.79 Å². The molecule has 0 aliphatic carbocycles. The van der Waals surface area contributed by atoms with Crippen molar-refractivity contribution in [1.29, 1.82) is 0 Å². The van der Waals surface area contributed by atoms with Crippen molar-refractivity contribution in [1.82, 2.24) is 14.7 Å². The molecule has 1 amide bonds. The van der Waals surface area contributed by atoms with Gasteiger partial charge >= 0.3 is 0 Å². The minimum absolute atomic E-state index is 0.222. The fourth-order valence-corrected chi connectivity index (χ4v) is 3.59. The first-order chi connectivity index (χ1) is 10.7. The van der Waals surface area contributed by atoms with Crippen molar-refractivity contribution >= 4 is 5.91 Å². The molecule has 22 heavy (non-hydrogen) atoms. The molecule has 0 bridgehead atoms. The number of amides is 1. The quantitative estimate of drug-likeness (QED) is 0.850. The summed E-state index contributed by atoms with van der Waals surface area (Å²) in [7, 11) is 2.12. The molecule has 0 radical (unpaired) electrons. The molecule has 2 fully saturated rings. The Morgan fingerprint density at radius 2 is 1.82 bits per heavy atom. The van der Waals surface area contributed by atoms with E-state index in [4.69, 9.17) is 0 Å². The van der Waals surface area contributed by atoms with E-state index in [9.17, 15) is 4.79 Å². The summed E-state index contributed by atoms with van der Waals surface area (Å²) in [6.07, 6.45) is 2.22. The molecule has 1 atom stereocenters. The van der Waals surface area contributed by atoms with Gasteiger partial charge in [-0.25, -0.2) is 0 Å². The highest BCUT2D eigenvalue weighted by molar-refractivity contribution is 5.79. The van der Waals surface area contributed by atoms with Crippen molar-refractivity contribution in [2.75, 3.05) is 46.3 Å². The number of nitrogens with zero attached hydrogens (tertiary/aromatic N) is 3. The van der Waals surface area contributed by atoms with E-state index in [1.54, 1.807) is 0 Å². The van der Waals surface area contributed by atoms with E-state index in [0.717, 1.165) is 58.7 Å². The van der Waals surface area contributed by atoms with Gasteiger partial charge in [-0.15, -0.1) is 0 Å². The summed E-state index contributed by atoms with van der Waals surface area (Å²) >= 11 is 0. The van der Waals surface area contributed by atoms with E-state index in [-0.39, 0.29) is 5.92 Å². The summed E-state index contributed by atoms with van der Waals surface area (Å²) in [6, 6.07) is 10.6. The molecule has 2 aliphatic rings. The average molecular weight is 301 g/mol. The Hall–Kier alpha value is -1.39. The molecule has 4 nitrogen and oxygen atoms in total. The predicted molar refractivity (Wildman–Crippen MR) is 88.5 cm³/mol. The monoisotopic (exact) mass is 301 g/mol. The Labute approximate surface area is 133 Å². The van der Waals surface area contributed by atoms with Gasteiger partial charge in [0.15, 0.2) is 0 Å². The van der Waals surface area contributed by atoms with Gasteiger partial charge in [0.05, 0.1) is 5.92 Å². The van der Waals surface area contributed by atoms with Crippen LogP contribution in [0, 0.1) is 5.92 Å². The highest BCUT2D eigenvalue weighted by Crippen LogP contribution is 2.19. The molecular weight excluding hydrogens is 274 g/mol. The van der Waals surface area contributed by atoms with Crippen LogP contribution in [0.25, 0.3) is 0 Å². The summed E-state index contributed by atoms with van der Waals surface area (Å²) in [5.41, 5.74) is 1.36. The third kappa shape index (κ3) is 3.87. The lowest BCUT2D eigenvalue weighted by Crippen LogP contribution is -2.51. The standard InChI is InChI=1S/C18H27N3O/c1-19-9-5-8-17(15-19)18(22)21-12-10-20(11-13-21)14-16-6-3-2-4-7-16/h2-4,6-7,17H,5,8-15H2,1H3/t17-/m0/s1. The Balaban J connectivity index is 1.48. The Kier molecular flexibility index (Phi) is 5.11. The molecule has 2 heterocycles. The zero-order chi connectivity index (χ0) is 15.4. The van der Waals surface area contributed by atoms with Crippen LogP contribution in [0.2, 0.25) is 0 Å². The van der Waals surface area contributed by atoms with Gasteiger partial charge in [0.1, 0.15) is 0 Å². The van der Waals surface area contributed by atoms with Gasteiger partial charge < -0.3 is 9.80 Å². The number of benzene rings is 1. The third-order valence-electron chi connectivity index (χ3n) is 4.91. The number of hydrogen-bond acceptors (Lipinski definition) is 3. The van der Waals surface area contributed by atoms with Gasteiger partial charge in [0, 0.05) is 39.3 Å². The van der Waals surface area contributed by atoms with Crippen molar-refractivity contribution in [2.24, 2.45) is 5.92 Å². The highest BCUT2D eigenvalue weighted by atomic mass is 16.2. The maximum Gasteiger partial charge on any atom is 0.227 e. The van der Waals surface area contributed by atoms with E-state index >= 15 is 0 Å². The topological polar surface area (TPSA) is 26.8 Å². The molecule has 3 rings (SSSR count). The van der Waals surface area contributed by atoms with Gasteiger partial charge in [-0.3, -0.25) is 9.69 Å². The predicted octanol–water partition coefficient (Wildman–Crippen LogP) is 1.67. The Morgan fingerprint density at radius 3 is 2.50 bits per heavy atom. The summed E-state index contributed by atoms with van der Waals surface area (Å²) in [6.45, 7) is 6.80. The van der Waals surface area contributed by atoms with Gasteiger partial charge in [0.25, 0.3) is 0 Å². The second-order valence-electron chi connectivity index (χ2n) is 6.69. The van der Waals surface area contributed by atoms with Crippen LogP contribution in [-0.2, 0) is 11.3 Å². The second kappa shape index (κ2) is 7.25. The van der Waals surface area contributed by atoms with Crippen LogP contribution in [0.5, 0.6) is 0 Å². The number of carbonyl (C=O) groups excluding carboxylic acids is 1. The van der Waals surface area contributed by atoms with Crippen LogP contribution in [0.1, 0.15) is 18.4 Å². The molecule has 1 aromatic rings. The van der Waals surface area contributed by atoms with Crippen LogP contribution in [0.15, 0.2) is 30.3 Å². The van der Waals surface area contributed by atoms with Crippen LogP contribution in [0.3, 0.4) is 0 Å². The maximum absolute atomic E-state index is 12.6. The van der Waals surface area contributed by atoms with E-state index in [1.165, 1.54) is 5.56 Å². The minimum atomic E-state index is 0.222. The van der Waals surface area contributed by atoms with Gasteiger partial charge in [0.2, 0.25) is 5.91 Å². The third-order valence-corrected chi connectivity index (χ3v) is 4.91. The number of piperidine rings is 1. The van der Waals surface area contributed by atoms with Gasteiger partial charge in [-0.1, -0.05) is 30.3 Å². The van der Waals surface area contributed by atoms with Crippen LogP contribution in [0.4, 0.5) is 0 Å². The number of rotatable bonds is 3. The SMILES string of the molecule is CN1CCC[C@H](C(=O)N2CCN(Cc3ccccc3)CC2)C1. The summed E-state index contributed by atoms with van der Waals surface area (Å²) < 4.78 is 0. The molecule has 0 unspecified atom stereocenters. The van der Waals surface area contributed by atoms with E-state index in [2.05, 4.69) is 52.1 Å². The number of piperazine rings is 1. The van der Waals surface area contributed by atoms with Gasteiger partial charge in [-0.05, 0) is 32.0 Å². The molecule has 2 saturated heterocycles. The lowest BCUT2D eigenvalue weighted by atomic mass is 9.96. The normalized spacial score (nSPS) is 24.4. The summed E-state index contributed by atoms with van der Waals surface area (Å²) in [5, 5.41) is 0. The fraction of sp³-hybridized carbons (Fsp3) is 0.611. The first-order valence-corrected chi connectivity index (χ1v) is 8.46. The molecule has 0 N–H and O–H groups in total. The summed E-state index contributed by atoms with van der Waals surface area (Å²) in [5.74, 6) is 0.602. The fourth-order valence-electron chi connectivity index (χ4n) is 3.59. The van der Waals surface area contributed by atoms with Crippen molar-refractivity contribution in [3.8, 4) is 0 Å². The second-order valence-corrected chi connectivity index (χ2v) is 6.69. The lowest BCUT2D eigenvalue weighted by Gasteiger charge is -2.38. The van der Waals surface area contributed by atoms with Crippen LogP contribution >= 0.6 is 0 Å². The lowest BCUT2D eigenvalue weighted by molar-refractivity contribution is -0.139. The molecule has 0 aromatic heterocycles.